The average Bonchev–Trinajstić information content (AvgIpc) is 2.88. The van der Waals surface area contributed by atoms with Crippen molar-refractivity contribution in [3.05, 3.63) is 36.2 Å². The summed E-state index contributed by atoms with van der Waals surface area (Å²) in [5.74, 6) is 0.280. The molecule has 0 aliphatic heterocycles. The highest BCUT2D eigenvalue weighted by molar-refractivity contribution is 6.05. The molecule has 0 saturated carbocycles. The zero-order chi connectivity index (χ0) is 15.6. The Hall–Kier alpha value is -2.34. The van der Waals surface area contributed by atoms with Crippen LogP contribution in [0.1, 0.15) is 17.3 Å². The number of aromatic nitrogens is 1. The fourth-order valence-electron chi connectivity index (χ4n) is 2.17. The van der Waals surface area contributed by atoms with Crippen LogP contribution in [0.15, 0.2) is 30.6 Å². The number of carbonyl (C=O) groups excluding carboxylic acids is 2. The molecule has 2 aromatic heterocycles. The summed E-state index contributed by atoms with van der Waals surface area (Å²) in [6.07, 6.45) is 3.62. The van der Waals surface area contributed by atoms with Gasteiger partial charge >= 0.3 is 0 Å². The van der Waals surface area contributed by atoms with Crippen molar-refractivity contribution in [3.8, 4) is 5.75 Å². The predicted molar refractivity (Wildman–Crippen MR) is 79.6 cm³/mol. The highest BCUT2D eigenvalue weighted by atomic mass is 16.5. The van der Waals surface area contributed by atoms with E-state index in [1.165, 1.54) is 4.90 Å². The van der Waals surface area contributed by atoms with Crippen molar-refractivity contribution in [1.82, 2.24) is 9.30 Å². The number of likely N-dealkylation sites (N-methyl/N-ethyl adjacent to an activating group) is 1. The van der Waals surface area contributed by atoms with Crippen LogP contribution in [0.5, 0.6) is 5.75 Å². The molecule has 0 bridgehead atoms. The zero-order valence-electron chi connectivity index (χ0n) is 12.4. The molecular weight excluding hydrogens is 270 g/mol. The Morgan fingerprint density at radius 3 is 2.67 bits per heavy atom. The third-order valence-corrected chi connectivity index (χ3v) is 3.32. The molecule has 0 aromatic carbocycles. The number of fused-ring (bicyclic) bond motifs is 1. The first kappa shape index (κ1) is 15.1. The van der Waals surface area contributed by atoms with Gasteiger partial charge in [0.1, 0.15) is 5.75 Å². The lowest BCUT2D eigenvalue weighted by atomic mass is 10.1. The van der Waals surface area contributed by atoms with Crippen LogP contribution >= 0.6 is 0 Å². The van der Waals surface area contributed by atoms with E-state index in [4.69, 9.17) is 10.5 Å². The molecule has 112 valence electrons. The number of nitrogens with two attached hydrogens (primary N) is 1. The van der Waals surface area contributed by atoms with Crippen LogP contribution in [0.2, 0.25) is 0 Å². The molecular formula is C15H19N3O3. The van der Waals surface area contributed by atoms with Crippen LogP contribution in [0.25, 0.3) is 5.52 Å². The van der Waals surface area contributed by atoms with E-state index in [0.717, 1.165) is 5.52 Å². The molecule has 0 aliphatic carbocycles. The number of carbonyl (C=O) groups is 2. The van der Waals surface area contributed by atoms with E-state index >= 15 is 0 Å². The molecule has 0 aliphatic rings. The van der Waals surface area contributed by atoms with Gasteiger partial charge < -0.3 is 19.8 Å². The van der Waals surface area contributed by atoms with Gasteiger partial charge in [-0.3, -0.25) is 9.59 Å². The van der Waals surface area contributed by atoms with E-state index in [2.05, 4.69) is 0 Å². The summed E-state index contributed by atoms with van der Waals surface area (Å²) in [6.45, 7) is 1.60. The number of ether oxygens (including phenoxy) is 1. The second kappa shape index (κ2) is 5.97. The largest absolute Gasteiger partial charge is 0.497 e. The number of hydrogen-bond acceptors (Lipinski definition) is 4. The summed E-state index contributed by atoms with van der Waals surface area (Å²) >= 11 is 0. The molecule has 0 saturated heterocycles. The molecule has 6 nitrogen and oxygen atoms in total. The Labute approximate surface area is 123 Å². The maximum Gasteiger partial charge on any atom is 0.239 e. The maximum absolute atomic E-state index is 12.4. The lowest BCUT2D eigenvalue weighted by Crippen LogP contribution is -2.42. The van der Waals surface area contributed by atoms with Crippen molar-refractivity contribution >= 4 is 17.2 Å². The Kier molecular flexibility index (Phi) is 4.28. The summed E-state index contributed by atoms with van der Waals surface area (Å²) in [6, 6.07) is 4.73. The number of methoxy groups -OCH3 is 1. The number of Topliss-reactive ketones (excluding diaryl/α,β-unsaturated/α-hetero) is 1. The third-order valence-electron chi connectivity index (χ3n) is 3.32. The Bertz CT molecular complexity index is 676. The van der Waals surface area contributed by atoms with Crippen molar-refractivity contribution in [1.29, 1.82) is 0 Å². The maximum atomic E-state index is 12.4. The Morgan fingerprint density at radius 1 is 1.38 bits per heavy atom. The highest BCUT2D eigenvalue weighted by Crippen LogP contribution is 2.19. The van der Waals surface area contributed by atoms with E-state index in [0.29, 0.717) is 11.3 Å². The first-order valence-electron chi connectivity index (χ1n) is 6.62. The molecule has 2 rings (SSSR count). The molecule has 0 spiro atoms. The second-order valence-electron chi connectivity index (χ2n) is 4.99. The van der Waals surface area contributed by atoms with Crippen molar-refractivity contribution < 1.29 is 14.3 Å². The molecule has 1 atom stereocenters. The van der Waals surface area contributed by atoms with Gasteiger partial charge in [0.25, 0.3) is 0 Å². The molecule has 2 N–H and O–H groups in total. The Morgan fingerprint density at radius 2 is 2.05 bits per heavy atom. The van der Waals surface area contributed by atoms with E-state index in [1.807, 2.05) is 16.7 Å². The number of pyridine rings is 1. The summed E-state index contributed by atoms with van der Waals surface area (Å²) in [5.41, 5.74) is 6.84. The summed E-state index contributed by atoms with van der Waals surface area (Å²) in [7, 11) is 3.15. The molecule has 0 fully saturated rings. The number of ketones is 1. The minimum atomic E-state index is -0.617. The van der Waals surface area contributed by atoms with Gasteiger partial charge in [-0.2, -0.15) is 0 Å². The van der Waals surface area contributed by atoms with E-state index < -0.39 is 6.04 Å². The SMILES string of the molecule is COc1ccn2ccc(C(=O)CN(C)C(=O)[C@H](C)N)c2c1. The van der Waals surface area contributed by atoms with Gasteiger partial charge in [-0.1, -0.05) is 0 Å². The number of nitrogens with zero attached hydrogens (tertiary/aromatic N) is 2. The average molecular weight is 289 g/mol. The summed E-state index contributed by atoms with van der Waals surface area (Å²) in [4.78, 5) is 25.4. The van der Waals surface area contributed by atoms with Crippen molar-refractivity contribution in [2.75, 3.05) is 20.7 Å². The first-order chi connectivity index (χ1) is 9.93. The molecule has 6 heteroatoms. The molecule has 2 heterocycles. The first-order valence-corrected chi connectivity index (χ1v) is 6.62. The second-order valence-corrected chi connectivity index (χ2v) is 4.99. The summed E-state index contributed by atoms with van der Waals surface area (Å²) < 4.78 is 7.01. The number of amides is 1. The van der Waals surface area contributed by atoms with E-state index in [-0.39, 0.29) is 18.2 Å². The third kappa shape index (κ3) is 3.05. The fourth-order valence-corrected chi connectivity index (χ4v) is 2.17. The summed E-state index contributed by atoms with van der Waals surface area (Å²) in [5, 5.41) is 0. The Balaban J connectivity index is 2.25. The van der Waals surface area contributed by atoms with Gasteiger partial charge in [-0.25, -0.2) is 0 Å². The minimum absolute atomic E-state index is 0.00272. The molecule has 21 heavy (non-hydrogen) atoms. The van der Waals surface area contributed by atoms with E-state index in [1.54, 1.807) is 39.4 Å². The molecule has 0 radical (unpaired) electrons. The van der Waals surface area contributed by atoms with Crippen molar-refractivity contribution in [3.63, 3.8) is 0 Å². The number of hydrogen-bond donors (Lipinski definition) is 1. The van der Waals surface area contributed by atoms with Crippen LogP contribution in [0, 0.1) is 0 Å². The molecule has 1 amide bonds. The van der Waals surface area contributed by atoms with Gasteiger partial charge in [0.15, 0.2) is 5.78 Å². The minimum Gasteiger partial charge on any atom is -0.497 e. The molecule has 0 unspecified atom stereocenters. The smallest absolute Gasteiger partial charge is 0.239 e. The standard InChI is InChI=1S/C15H19N3O3/c1-10(16)15(20)17(2)9-14(19)12-5-7-18-6-4-11(21-3)8-13(12)18/h4-8,10H,9,16H2,1-3H3/t10-/m0/s1. The van der Waals surface area contributed by atoms with Crippen LogP contribution in [0.4, 0.5) is 0 Å². The topological polar surface area (TPSA) is 77.0 Å². The lowest BCUT2D eigenvalue weighted by molar-refractivity contribution is -0.130. The normalized spacial score (nSPS) is 12.2. The van der Waals surface area contributed by atoms with Gasteiger partial charge in [0.05, 0.1) is 25.2 Å². The van der Waals surface area contributed by atoms with Crippen LogP contribution in [-0.2, 0) is 4.79 Å². The lowest BCUT2D eigenvalue weighted by Gasteiger charge is -2.18. The van der Waals surface area contributed by atoms with Crippen molar-refractivity contribution in [2.24, 2.45) is 5.73 Å². The van der Waals surface area contributed by atoms with Crippen LogP contribution < -0.4 is 10.5 Å². The van der Waals surface area contributed by atoms with Crippen molar-refractivity contribution in [2.45, 2.75) is 13.0 Å². The monoisotopic (exact) mass is 289 g/mol. The fraction of sp³-hybridized carbons (Fsp3) is 0.333. The van der Waals surface area contributed by atoms with Gasteiger partial charge in [-0.05, 0) is 19.1 Å². The van der Waals surface area contributed by atoms with E-state index in [9.17, 15) is 9.59 Å². The predicted octanol–water partition coefficient (Wildman–Crippen LogP) is 0.936. The quantitative estimate of drug-likeness (QED) is 0.831. The van der Waals surface area contributed by atoms with Crippen LogP contribution in [-0.4, -0.2) is 47.7 Å². The molecule has 2 aromatic rings. The van der Waals surface area contributed by atoms with Gasteiger partial charge in [0.2, 0.25) is 5.91 Å². The van der Waals surface area contributed by atoms with Gasteiger partial charge in [0, 0.05) is 31.1 Å². The van der Waals surface area contributed by atoms with Gasteiger partial charge in [-0.15, -0.1) is 0 Å². The zero-order valence-corrected chi connectivity index (χ0v) is 12.4. The number of rotatable bonds is 5. The highest BCUT2D eigenvalue weighted by Gasteiger charge is 2.19. The van der Waals surface area contributed by atoms with Crippen LogP contribution in [0.3, 0.4) is 0 Å².